The molecule has 7 amide bonds. The fourth-order valence-corrected chi connectivity index (χ4v) is 8.18. The highest BCUT2D eigenvalue weighted by atomic mass is 79.9. The quantitative estimate of drug-likeness (QED) is 0.0289. The number of halogens is 3. The van der Waals surface area contributed by atoms with Crippen LogP contribution in [0.1, 0.15) is 76.6 Å². The van der Waals surface area contributed by atoms with Gasteiger partial charge in [-0.05, 0) is 48.1 Å². The Labute approximate surface area is 471 Å². The van der Waals surface area contributed by atoms with E-state index in [0.29, 0.717) is 32.1 Å². The molecule has 0 fully saturated rings. The van der Waals surface area contributed by atoms with Crippen LogP contribution in [0.5, 0.6) is 0 Å². The van der Waals surface area contributed by atoms with Gasteiger partial charge in [-0.25, -0.2) is 13.6 Å². The molecule has 80 heavy (non-hydrogen) atoms. The number of primary amides is 1. The zero-order chi connectivity index (χ0) is 60.1. The van der Waals surface area contributed by atoms with E-state index >= 15 is 4.39 Å². The van der Waals surface area contributed by atoms with Crippen molar-refractivity contribution in [1.82, 2.24) is 36.0 Å². The fraction of sp³-hybridized carbons (Fsp3) is 0.528. The van der Waals surface area contributed by atoms with Crippen molar-refractivity contribution in [2.75, 3.05) is 84.4 Å². The van der Waals surface area contributed by atoms with Crippen LogP contribution in [-0.2, 0) is 68.6 Å². The molecule has 3 rings (SSSR count). The van der Waals surface area contributed by atoms with Gasteiger partial charge in [0.15, 0.2) is 1.41 Å². The van der Waals surface area contributed by atoms with Crippen LogP contribution in [0.25, 0.3) is 11.1 Å². The van der Waals surface area contributed by atoms with Crippen molar-refractivity contribution in [3.05, 3.63) is 83.7 Å². The molecule has 0 aliphatic heterocycles. The van der Waals surface area contributed by atoms with Gasteiger partial charge in [-0.15, -0.1) is 0 Å². The molecule has 24 nitrogen and oxygen atoms in total. The number of hydrogen-bond acceptors (Lipinski definition) is 14. The number of carboxylic acid groups (broad SMARTS) is 2. The van der Waals surface area contributed by atoms with E-state index < -0.39 is 140 Å². The topological polar surface area (TPSA) is 346 Å². The Kier molecular flexibility index (Phi) is 29.2. The third-order valence-electron chi connectivity index (χ3n) is 11.7. The van der Waals surface area contributed by atoms with Crippen LogP contribution in [0.4, 0.5) is 8.78 Å². The van der Waals surface area contributed by atoms with Crippen molar-refractivity contribution in [3.63, 3.8) is 0 Å². The molecule has 27 heteroatoms. The first-order valence-corrected chi connectivity index (χ1v) is 26.7. The van der Waals surface area contributed by atoms with E-state index in [2.05, 4.69) is 37.2 Å². The van der Waals surface area contributed by atoms with E-state index in [0.717, 1.165) is 23.8 Å². The van der Waals surface area contributed by atoms with Gasteiger partial charge in [0.2, 0.25) is 41.4 Å². The summed E-state index contributed by atoms with van der Waals surface area (Å²) in [6.45, 7) is 5.06. The highest BCUT2D eigenvalue weighted by Crippen LogP contribution is 2.41. The standard InChI is InChI=1S/C53H73BrF2N8O16/c1-53(2,3)49(42-27-35(37-28-36(55)9-10-38(37)56)32-63(42)31-34-7-5-4-6-8-34)64(47(70)33-65)18-14-39(50(73)59-16-13-44(67)60-40(52(75)76)11-12-48(71)72)62-51(74)41(29-43(57)66)61-45(68)15-19-77-21-23-79-25-26-80-24-22-78-20-17-58-46(69)30-54/h4-10,27-28,32,39-41,49,65H,11-26,29-31,33H2,1-3H3,(H2,57,66)(H,58,69)(H,59,73)(H,60,67)(H,61,68)(H,62,74)(H,71,72)(H,75,76)/t39-,40-,41-,49-/m0/s1/i/hD. The third kappa shape index (κ3) is 25.0. The van der Waals surface area contributed by atoms with Gasteiger partial charge in [-0.3, -0.25) is 38.4 Å². The molecule has 0 radical (unpaired) electrons. The van der Waals surface area contributed by atoms with Gasteiger partial charge < -0.3 is 76.0 Å². The number of hydrogen-bond donors (Lipinski definition) is 9. The molecule has 1 heterocycles. The first-order chi connectivity index (χ1) is 38.4. The summed E-state index contributed by atoms with van der Waals surface area (Å²) in [6, 6.07) is 7.42. The third-order valence-corrected chi connectivity index (χ3v) is 12.2. The summed E-state index contributed by atoms with van der Waals surface area (Å²) in [5.41, 5.74) is 5.84. The van der Waals surface area contributed by atoms with Gasteiger partial charge in [-0.1, -0.05) is 67.0 Å². The number of amides is 7. The number of alkyl halides is 1. The minimum Gasteiger partial charge on any atom is -0.481 e. The van der Waals surface area contributed by atoms with E-state index in [9.17, 15) is 57.8 Å². The maximum absolute atomic E-state index is 15.4. The molecule has 0 spiro atoms. The zero-order valence-corrected chi connectivity index (χ0v) is 46.5. The maximum Gasteiger partial charge on any atom is 0.326 e. The lowest BCUT2D eigenvalue weighted by molar-refractivity contribution is -0.143. The number of nitrogens with two attached hydrogens (primary N) is 1. The van der Waals surface area contributed by atoms with Gasteiger partial charge in [0.25, 0.3) is 0 Å². The number of rotatable bonds is 39. The smallest absolute Gasteiger partial charge is 0.326 e. The lowest BCUT2D eigenvalue weighted by atomic mass is 9.82. The number of carboxylic acids is 2. The van der Waals surface area contributed by atoms with Crippen molar-refractivity contribution < 1.29 is 87.6 Å². The number of aliphatic hydroxyl groups excluding tert-OH is 1. The van der Waals surface area contributed by atoms with E-state index in [1.165, 1.54) is 4.90 Å². The Morgan fingerprint density at radius 2 is 1.35 bits per heavy atom. The van der Waals surface area contributed by atoms with Crippen LogP contribution < -0.4 is 32.3 Å². The minimum absolute atomic E-state index is 0.0686. The van der Waals surface area contributed by atoms with Crippen molar-refractivity contribution in [1.29, 1.82) is 0 Å². The van der Waals surface area contributed by atoms with E-state index in [1.807, 2.05) is 12.1 Å². The molecular formula is C53H73BrF2N8O16. The summed E-state index contributed by atoms with van der Waals surface area (Å²) in [5.74, 6) is -10.5. The number of nitrogens with one attached hydrogen (secondary N) is 5. The Hall–Kier alpha value is -6.91. The van der Waals surface area contributed by atoms with E-state index in [4.69, 9.17) is 31.2 Å². The Balaban J connectivity index is 1.86. The molecule has 442 valence electrons. The number of carbonyl (C=O) groups excluding carboxylic acids is 7. The van der Waals surface area contributed by atoms with Gasteiger partial charge >= 0.3 is 11.9 Å². The number of nitrogens with zero attached hydrogens (tertiary/aromatic N) is 2. The van der Waals surface area contributed by atoms with Crippen LogP contribution in [-0.4, -0.2) is 181 Å². The number of ether oxygens (including phenoxy) is 4. The first-order valence-electron chi connectivity index (χ1n) is 26.1. The van der Waals surface area contributed by atoms with Crippen LogP contribution in [0.2, 0.25) is 1.41 Å². The van der Waals surface area contributed by atoms with Gasteiger partial charge in [-0.2, -0.15) is 0 Å². The number of aliphatic carboxylic acids is 2. The molecule has 10 N–H and O–H groups in total. The Morgan fingerprint density at radius 1 is 0.738 bits per heavy atom. The molecule has 0 saturated carbocycles. The van der Waals surface area contributed by atoms with Gasteiger partial charge in [0.05, 0.1) is 70.6 Å². The molecule has 2 aromatic carbocycles. The second kappa shape index (κ2) is 35.7. The lowest BCUT2D eigenvalue weighted by Crippen LogP contribution is -2.56. The van der Waals surface area contributed by atoms with Gasteiger partial charge in [0.1, 0.15) is 36.4 Å². The average molecular weight is 1200 g/mol. The van der Waals surface area contributed by atoms with E-state index in [1.54, 1.807) is 55.8 Å². The molecule has 0 aliphatic rings. The number of benzene rings is 2. The summed E-state index contributed by atoms with van der Waals surface area (Å²) in [6.07, 6.45) is -1.79. The van der Waals surface area contributed by atoms with Crippen molar-refractivity contribution in [3.8, 4) is 11.1 Å². The second-order valence-corrected chi connectivity index (χ2v) is 19.7. The Bertz CT molecular complexity index is 2560. The van der Waals surface area contributed by atoms with Crippen LogP contribution in [0.15, 0.2) is 60.8 Å². The average Bonchev–Trinajstić information content (AvgIpc) is 4.07. The van der Waals surface area contributed by atoms with Gasteiger partial charge in [0, 0.05) is 68.5 Å². The Morgan fingerprint density at radius 3 is 1.94 bits per heavy atom. The molecule has 0 bridgehead atoms. The predicted molar refractivity (Wildman–Crippen MR) is 287 cm³/mol. The highest BCUT2D eigenvalue weighted by molar-refractivity contribution is 9.09. The summed E-state index contributed by atoms with van der Waals surface area (Å²) < 4.78 is 62.1. The molecule has 1 aromatic heterocycles. The molecule has 0 saturated heterocycles. The number of aliphatic hydroxyl groups is 1. The van der Waals surface area contributed by atoms with Crippen molar-refractivity contribution in [2.24, 2.45) is 11.1 Å². The maximum atomic E-state index is 15.4. The predicted octanol–water partition coefficient (Wildman–Crippen LogP) is 1.53. The number of carbonyl (C=O) groups is 9. The summed E-state index contributed by atoms with van der Waals surface area (Å²) in [7, 11) is 0. The van der Waals surface area contributed by atoms with Crippen LogP contribution in [0.3, 0.4) is 0 Å². The molecule has 0 unspecified atom stereocenters. The minimum atomic E-state index is -1.79. The molecule has 0 aliphatic carbocycles. The highest BCUT2D eigenvalue weighted by Gasteiger charge is 2.38. The second-order valence-electron chi connectivity index (χ2n) is 19.1. The van der Waals surface area contributed by atoms with E-state index in [-0.39, 0.29) is 73.7 Å². The number of aromatic nitrogens is 1. The summed E-state index contributed by atoms with van der Waals surface area (Å²) in [4.78, 5) is 116. The van der Waals surface area contributed by atoms with Crippen molar-refractivity contribution >= 4 is 69.2 Å². The van der Waals surface area contributed by atoms with Crippen molar-refractivity contribution in [2.45, 2.75) is 90.0 Å². The molecule has 3 aromatic rings. The van der Waals surface area contributed by atoms with Crippen LogP contribution in [0, 0.1) is 17.0 Å². The molecular weight excluding hydrogens is 1120 g/mol. The van der Waals surface area contributed by atoms with Crippen LogP contribution >= 0.6 is 15.9 Å². The monoisotopic (exact) mass is 1200 g/mol. The largest absolute Gasteiger partial charge is 0.481 e. The SMILES string of the molecule is [2H]N(CCC(=O)N[C@@H](CCC(=O)O)C(=O)O)C(=O)[C@H](CCN(C(=O)CO)[C@@H](c1cc(-c2cc(F)ccc2F)cn1Cc1ccccc1)C(C)(C)C)NC(=O)[C@H](CC(N)=O)NC(=O)CCOCCOCCOCCOCCNC(=O)CBr. The fourth-order valence-electron chi connectivity index (χ4n) is 7.98. The molecule has 4 atom stereocenters. The first kappa shape index (κ1) is 65.6. The summed E-state index contributed by atoms with van der Waals surface area (Å²) in [5, 5.41) is 39.1. The summed E-state index contributed by atoms with van der Waals surface area (Å²) >= 11 is 3.05. The zero-order valence-electron chi connectivity index (χ0n) is 45.9. The normalized spacial score (nSPS) is 13.0. The lowest BCUT2D eigenvalue weighted by Gasteiger charge is -2.41.